The van der Waals surface area contributed by atoms with Crippen LogP contribution in [0.4, 0.5) is 0 Å². The largest absolute Gasteiger partial charge is 0.308 e. The van der Waals surface area contributed by atoms with Crippen molar-refractivity contribution in [3.8, 4) is 0 Å². The van der Waals surface area contributed by atoms with Crippen LogP contribution in [0, 0.1) is 17.8 Å². The smallest absolute Gasteiger partial charge is 0.0698 e. The Labute approximate surface area is 137 Å². The molecule has 1 aromatic rings. The number of aromatic nitrogens is 2. The maximum atomic E-state index is 4.60. The first kappa shape index (κ1) is 15.5. The minimum absolute atomic E-state index is 0.476. The van der Waals surface area contributed by atoms with E-state index in [0.29, 0.717) is 6.04 Å². The van der Waals surface area contributed by atoms with Crippen molar-refractivity contribution < 1.29 is 0 Å². The first-order chi connectivity index (χ1) is 10.2. The van der Waals surface area contributed by atoms with E-state index in [4.69, 9.17) is 0 Å². The topological polar surface area (TPSA) is 29.9 Å². The highest BCUT2D eigenvalue weighted by molar-refractivity contribution is 9.10. The van der Waals surface area contributed by atoms with Gasteiger partial charge in [-0.1, -0.05) is 20.3 Å². The molecule has 118 valence electrons. The average Bonchev–Trinajstić information content (AvgIpc) is 3.18. The van der Waals surface area contributed by atoms with Gasteiger partial charge in [0.25, 0.3) is 0 Å². The van der Waals surface area contributed by atoms with Crippen LogP contribution in [0.15, 0.2) is 10.7 Å². The quantitative estimate of drug-likeness (QED) is 0.780. The second-order valence-electron chi connectivity index (χ2n) is 6.87. The van der Waals surface area contributed by atoms with Gasteiger partial charge >= 0.3 is 0 Å². The molecule has 2 bridgehead atoms. The summed E-state index contributed by atoms with van der Waals surface area (Å²) in [6.45, 7) is 6.60. The second kappa shape index (κ2) is 6.82. The van der Waals surface area contributed by atoms with E-state index in [-0.39, 0.29) is 0 Å². The number of rotatable bonds is 7. The molecule has 1 N–H and O–H groups in total. The molecule has 2 aliphatic carbocycles. The van der Waals surface area contributed by atoms with Crippen molar-refractivity contribution in [3.05, 3.63) is 16.4 Å². The molecule has 1 aromatic heterocycles. The summed E-state index contributed by atoms with van der Waals surface area (Å²) >= 11 is 3.76. The molecule has 2 saturated carbocycles. The van der Waals surface area contributed by atoms with Crippen LogP contribution in [0.25, 0.3) is 0 Å². The van der Waals surface area contributed by atoms with Gasteiger partial charge in [-0.2, -0.15) is 5.10 Å². The molecule has 2 aliphatic rings. The van der Waals surface area contributed by atoms with E-state index < -0.39 is 0 Å². The predicted octanol–water partition coefficient (Wildman–Crippen LogP) is 4.53. The highest BCUT2D eigenvalue weighted by atomic mass is 79.9. The minimum Gasteiger partial charge on any atom is -0.308 e. The fourth-order valence-corrected chi connectivity index (χ4v) is 5.07. The van der Waals surface area contributed by atoms with Gasteiger partial charge < -0.3 is 5.32 Å². The van der Waals surface area contributed by atoms with Crippen LogP contribution in [0.3, 0.4) is 0 Å². The van der Waals surface area contributed by atoms with Crippen molar-refractivity contribution in [2.75, 3.05) is 6.54 Å². The highest BCUT2D eigenvalue weighted by Gasteiger charge is 2.44. The fraction of sp³-hybridized carbons (Fsp3) is 0.824. The molecule has 4 atom stereocenters. The Balaban J connectivity index is 1.86. The maximum Gasteiger partial charge on any atom is 0.0698 e. The van der Waals surface area contributed by atoms with E-state index in [2.05, 4.69) is 44.9 Å². The molecule has 4 unspecified atom stereocenters. The number of hydrogen-bond donors (Lipinski definition) is 1. The van der Waals surface area contributed by atoms with Gasteiger partial charge in [0.05, 0.1) is 22.4 Å². The average molecular weight is 354 g/mol. The van der Waals surface area contributed by atoms with Crippen LogP contribution in [0.2, 0.25) is 0 Å². The number of halogens is 1. The lowest BCUT2D eigenvalue weighted by Crippen LogP contribution is -2.34. The van der Waals surface area contributed by atoms with Crippen LogP contribution < -0.4 is 5.32 Å². The van der Waals surface area contributed by atoms with E-state index in [1.54, 1.807) is 0 Å². The third-order valence-electron chi connectivity index (χ3n) is 5.40. The summed E-state index contributed by atoms with van der Waals surface area (Å²) in [5, 5.41) is 8.45. The molecule has 3 rings (SSSR count). The SMILES string of the molecule is CCCNC(c1c(Br)cnn1CCC)C1CC2CCC1C2. The highest BCUT2D eigenvalue weighted by Crippen LogP contribution is 2.53. The summed E-state index contributed by atoms with van der Waals surface area (Å²) in [7, 11) is 0. The molecular weight excluding hydrogens is 326 g/mol. The number of nitrogens with one attached hydrogen (secondary N) is 1. The monoisotopic (exact) mass is 353 g/mol. The van der Waals surface area contributed by atoms with Crippen molar-refractivity contribution in [2.24, 2.45) is 17.8 Å². The maximum absolute atomic E-state index is 4.60. The van der Waals surface area contributed by atoms with Gasteiger partial charge in [-0.15, -0.1) is 0 Å². The van der Waals surface area contributed by atoms with Crippen molar-refractivity contribution >= 4 is 15.9 Å². The van der Waals surface area contributed by atoms with Gasteiger partial charge in [0, 0.05) is 6.54 Å². The van der Waals surface area contributed by atoms with Crippen LogP contribution in [0.1, 0.15) is 64.1 Å². The summed E-state index contributed by atoms with van der Waals surface area (Å²) < 4.78 is 3.41. The van der Waals surface area contributed by atoms with Gasteiger partial charge in [-0.3, -0.25) is 4.68 Å². The molecule has 3 nitrogen and oxygen atoms in total. The van der Waals surface area contributed by atoms with Gasteiger partial charge in [0.2, 0.25) is 0 Å². The van der Waals surface area contributed by atoms with E-state index in [0.717, 1.165) is 37.3 Å². The van der Waals surface area contributed by atoms with Crippen molar-refractivity contribution in [1.82, 2.24) is 15.1 Å². The molecule has 0 aromatic carbocycles. The zero-order chi connectivity index (χ0) is 14.8. The van der Waals surface area contributed by atoms with E-state index in [9.17, 15) is 0 Å². The van der Waals surface area contributed by atoms with Crippen molar-refractivity contribution in [1.29, 1.82) is 0 Å². The predicted molar refractivity (Wildman–Crippen MR) is 90.2 cm³/mol. The van der Waals surface area contributed by atoms with Crippen molar-refractivity contribution in [3.63, 3.8) is 0 Å². The zero-order valence-electron chi connectivity index (χ0n) is 13.3. The molecule has 0 spiro atoms. The standard InChI is InChI=1S/C17H28BrN3/c1-3-7-19-16(14-10-12-5-6-13(14)9-12)17-15(18)11-20-21(17)8-4-2/h11-14,16,19H,3-10H2,1-2H3. The molecule has 0 saturated heterocycles. The molecule has 0 radical (unpaired) electrons. The Hall–Kier alpha value is -0.350. The summed E-state index contributed by atoms with van der Waals surface area (Å²) in [5.41, 5.74) is 1.39. The Kier molecular flexibility index (Phi) is 5.05. The van der Waals surface area contributed by atoms with Crippen LogP contribution in [-0.2, 0) is 6.54 Å². The normalized spacial score (nSPS) is 29.2. The molecule has 2 fully saturated rings. The van der Waals surface area contributed by atoms with E-state index in [1.807, 2.05) is 6.20 Å². The third-order valence-corrected chi connectivity index (χ3v) is 6.01. The Morgan fingerprint density at radius 3 is 2.81 bits per heavy atom. The van der Waals surface area contributed by atoms with Crippen LogP contribution in [-0.4, -0.2) is 16.3 Å². The van der Waals surface area contributed by atoms with Gasteiger partial charge in [-0.25, -0.2) is 0 Å². The van der Waals surface area contributed by atoms with Crippen molar-refractivity contribution in [2.45, 2.75) is 65.0 Å². The lowest BCUT2D eigenvalue weighted by atomic mass is 9.82. The molecule has 0 amide bonds. The zero-order valence-corrected chi connectivity index (χ0v) is 14.9. The Morgan fingerprint density at radius 2 is 2.19 bits per heavy atom. The third kappa shape index (κ3) is 3.07. The van der Waals surface area contributed by atoms with Gasteiger partial charge in [-0.05, 0) is 72.3 Å². The molecule has 0 aliphatic heterocycles. The molecular formula is C17H28BrN3. The lowest BCUT2D eigenvalue weighted by molar-refractivity contribution is 0.240. The second-order valence-corrected chi connectivity index (χ2v) is 7.73. The summed E-state index contributed by atoms with van der Waals surface area (Å²) in [6, 6.07) is 0.476. The molecule has 21 heavy (non-hydrogen) atoms. The molecule has 4 heteroatoms. The number of aryl methyl sites for hydroxylation is 1. The first-order valence-corrected chi connectivity index (χ1v) is 9.48. The molecule has 1 heterocycles. The van der Waals surface area contributed by atoms with Gasteiger partial charge in [0.1, 0.15) is 0 Å². The Morgan fingerprint density at radius 1 is 1.33 bits per heavy atom. The van der Waals surface area contributed by atoms with E-state index >= 15 is 0 Å². The minimum atomic E-state index is 0.476. The fourth-order valence-electron chi connectivity index (χ4n) is 4.52. The van der Waals surface area contributed by atoms with Crippen LogP contribution in [0.5, 0.6) is 0 Å². The number of nitrogens with zero attached hydrogens (tertiary/aromatic N) is 2. The Bertz CT molecular complexity index is 471. The summed E-state index contributed by atoms with van der Waals surface area (Å²) in [5.74, 6) is 2.73. The lowest BCUT2D eigenvalue weighted by Gasteiger charge is -2.32. The van der Waals surface area contributed by atoms with E-state index in [1.165, 1.54) is 42.3 Å². The summed E-state index contributed by atoms with van der Waals surface area (Å²) in [6.07, 6.45) is 10.1. The number of hydrogen-bond acceptors (Lipinski definition) is 2. The van der Waals surface area contributed by atoms with Gasteiger partial charge in [0.15, 0.2) is 0 Å². The first-order valence-electron chi connectivity index (χ1n) is 8.69. The number of fused-ring (bicyclic) bond motifs is 2. The summed E-state index contributed by atoms with van der Waals surface area (Å²) in [4.78, 5) is 0. The van der Waals surface area contributed by atoms with Crippen LogP contribution >= 0.6 is 15.9 Å².